The fourth-order valence-corrected chi connectivity index (χ4v) is 1.74. The van der Waals surface area contributed by atoms with Gasteiger partial charge >= 0.3 is 0 Å². The number of amides is 2. The number of ether oxygens (including phenoxy) is 2. The molecule has 6 nitrogen and oxygen atoms in total. The van der Waals surface area contributed by atoms with Crippen LogP contribution in [0.3, 0.4) is 0 Å². The van der Waals surface area contributed by atoms with E-state index in [4.69, 9.17) is 9.47 Å². The Bertz CT molecular complexity index is 523. The summed E-state index contributed by atoms with van der Waals surface area (Å²) in [5.41, 5.74) is 0.650. The summed E-state index contributed by atoms with van der Waals surface area (Å²) in [6, 6.07) is 7.07. The number of carbonyl (C=O) groups is 2. The van der Waals surface area contributed by atoms with Crippen molar-refractivity contribution >= 4 is 17.5 Å². The molecule has 1 aliphatic rings. The van der Waals surface area contributed by atoms with Gasteiger partial charge in [0.05, 0.1) is 19.8 Å². The second kappa shape index (κ2) is 6.90. The van der Waals surface area contributed by atoms with Gasteiger partial charge in [-0.15, -0.1) is 0 Å². The SMILES string of the molecule is C=CC(=O)N(C)CC(=O)Nc1ccc(OC2COC2)cc1. The number of rotatable bonds is 6. The van der Waals surface area contributed by atoms with Crippen molar-refractivity contribution in [2.24, 2.45) is 0 Å². The molecule has 0 atom stereocenters. The van der Waals surface area contributed by atoms with Gasteiger partial charge < -0.3 is 19.7 Å². The first-order valence-electron chi connectivity index (χ1n) is 6.60. The lowest BCUT2D eigenvalue weighted by atomic mass is 10.2. The Hall–Kier alpha value is -2.34. The van der Waals surface area contributed by atoms with Gasteiger partial charge in [-0.3, -0.25) is 9.59 Å². The van der Waals surface area contributed by atoms with E-state index in [9.17, 15) is 9.59 Å². The molecule has 0 unspecified atom stereocenters. The molecule has 0 bridgehead atoms. The molecule has 0 spiro atoms. The zero-order valence-electron chi connectivity index (χ0n) is 11.9. The average molecular weight is 290 g/mol. The molecule has 0 aliphatic carbocycles. The maximum absolute atomic E-state index is 11.8. The Labute approximate surface area is 123 Å². The fourth-order valence-electron chi connectivity index (χ4n) is 1.74. The van der Waals surface area contributed by atoms with Gasteiger partial charge in [0.1, 0.15) is 11.9 Å². The van der Waals surface area contributed by atoms with Gasteiger partial charge in [0.15, 0.2) is 0 Å². The molecule has 0 saturated carbocycles. The molecular formula is C15H18N2O4. The molecule has 21 heavy (non-hydrogen) atoms. The van der Waals surface area contributed by atoms with E-state index < -0.39 is 0 Å². The van der Waals surface area contributed by atoms with Crippen molar-refractivity contribution in [1.29, 1.82) is 0 Å². The zero-order valence-corrected chi connectivity index (χ0v) is 11.9. The van der Waals surface area contributed by atoms with Crippen LogP contribution in [0, 0.1) is 0 Å². The second-order valence-electron chi connectivity index (χ2n) is 4.75. The molecule has 1 saturated heterocycles. The van der Waals surface area contributed by atoms with E-state index in [-0.39, 0.29) is 24.5 Å². The highest BCUT2D eigenvalue weighted by Crippen LogP contribution is 2.19. The lowest BCUT2D eigenvalue weighted by Crippen LogP contribution is -2.38. The van der Waals surface area contributed by atoms with Crippen molar-refractivity contribution in [3.05, 3.63) is 36.9 Å². The number of benzene rings is 1. The standard InChI is InChI=1S/C15H18N2O4/c1-3-15(19)17(2)8-14(18)16-11-4-6-12(7-5-11)21-13-9-20-10-13/h3-7,13H,1,8-10H2,2H3,(H,16,18). The van der Waals surface area contributed by atoms with Crippen molar-refractivity contribution < 1.29 is 19.1 Å². The van der Waals surface area contributed by atoms with Crippen molar-refractivity contribution in [2.45, 2.75) is 6.10 Å². The lowest BCUT2D eigenvalue weighted by molar-refractivity contribution is -0.129. The molecule has 1 aliphatic heterocycles. The fraction of sp³-hybridized carbons (Fsp3) is 0.333. The van der Waals surface area contributed by atoms with Crippen molar-refractivity contribution in [2.75, 3.05) is 32.1 Å². The highest BCUT2D eigenvalue weighted by atomic mass is 16.6. The molecule has 1 aromatic rings. The van der Waals surface area contributed by atoms with Crippen molar-refractivity contribution in [3.8, 4) is 5.75 Å². The summed E-state index contributed by atoms with van der Waals surface area (Å²) < 4.78 is 10.6. The summed E-state index contributed by atoms with van der Waals surface area (Å²) in [5.74, 6) is 0.172. The maximum Gasteiger partial charge on any atom is 0.246 e. The number of nitrogens with zero attached hydrogens (tertiary/aromatic N) is 1. The van der Waals surface area contributed by atoms with Crippen LogP contribution in [-0.2, 0) is 14.3 Å². The van der Waals surface area contributed by atoms with Crippen LogP contribution < -0.4 is 10.1 Å². The molecule has 0 radical (unpaired) electrons. The smallest absolute Gasteiger partial charge is 0.246 e. The average Bonchev–Trinajstić information content (AvgIpc) is 2.43. The third-order valence-electron chi connectivity index (χ3n) is 2.98. The first-order chi connectivity index (χ1) is 10.1. The molecule has 2 amide bonds. The first kappa shape index (κ1) is 15.1. The van der Waals surface area contributed by atoms with Crippen molar-refractivity contribution in [3.63, 3.8) is 0 Å². The Kier molecular flexibility index (Phi) is 4.94. The van der Waals surface area contributed by atoms with Crippen molar-refractivity contribution in [1.82, 2.24) is 4.90 Å². The largest absolute Gasteiger partial charge is 0.486 e. The summed E-state index contributed by atoms with van der Waals surface area (Å²) in [6.07, 6.45) is 1.29. The van der Waals surface area contributed by atoms with Crippen LogP contribution in [0.25, 0.3) is 0 Å². The third kappa shape index (κ3) is 4.32. The monoisotopic (exact) mass is 290 g/mol. The minimum atomic E-state index is -0.295. The van der Waals surface area contributed by atoms with E-state index in [1.807, 2.05) is 0 Å². The molecule has 1 N–H and O–H groups in total. The van der Waals surface area contributed by atoms with E-state index in [2.05, 4.69) is 11.9 Å². The Morgan fingerprint density at radius 3 is 2.62 bits per heavy atom. The summed E-state index contributed by atoms with van der Waals surface area (Å²) in [4.78, 5) is 24.3. The predicted molar refractivity (Wildman–Crippen MR) is 78.1 cm³/mol. The summed E-state index contributed by atoms with van der Waals surface area (Å²) in [6.45, 7) is 4.57. The van der Waals surface area contributed by atoms with Crippen LogP contribution in [0.2, 0.25) is 0 Å². The third-order valence-corrected chi connectivity index (χ3v) is 2.98. The molecule has 1 aromatic carbocycles. The summed E-state index contributed by atoms with van der Waals surface area (Å²) in [7, 11) is 1.54. The summed E-state index contributed by atoms with van der Waals surface area (Å²) >= 11 is 0. The van der Waals surface area contributed by atoms with E-state index >= 15 is 0 Å². The summed E-state index contributed by atoms with van der Waals surface area (Å²) in [5, 5.41) is 2.71. The molecule has 112 valence electrons. The lowest BCUT2D eigenvalue weighted by Gasteiger charge is -2.26. The molecule has 1 fully saturated rings. The Morgan fingerprint density at radius 2 is 2.10 bits per heavy atom. The number of carbonyl (C=O) groups excluding carboxylic acids is 2. The van der Waals surface area contributed by atoms with Gasteiger partial charge in [-0.1, -0.05) is 6.58 Å². The van der Waals surface area contributed by atoms with Gasteiger partial charge in [0.25, 0.3) is 0 Å². The normalized spacial score (nSPS) is 14.0. The highest BCUT2D eigenvalue weighted by molar-refractivity contribution is 5.96. The Balaban J connectivity index is 1.83. The number of nitrogens with one attached hydrogen (secondary N) is 1. The van der Waals surface area contributed by atoms with Gasteiger partial charge in [-0.2, -0.15) is 0 Å². The quantitative estimate of drug-likeness (QED) is 0.795. The number of hydrogen-bond acceptors (Lipinski definition) is 4. The Morgan fingerprint density at radius 1 is 1.43 bits per heavy atom. The topological polar surface area (TPSA) is 67.9 Å². The van der Waals surface area contributed by atoms with E-state index in [1.165, 1.54) is 11.0 Å². The van der Waals surface area contributed by atoms with Crippen LogP contribution in [0.1, 0.15) is 0 Å². The molecule has 2 rings (SSSR count). The van der Waals surface area contributed by atoms with Gasteiger partial charge in [-0.05, 0) is 30.3 Å². The maximum atomic E-state index is 11.8. The second-order valence-corrected chi connectivity index (χ2v) is 4.75. The molecule has 1 heterocycles. The van der Waals surface area contributed by atoms with Gasteiger partial charge in [0, 0.05) is 12.7 Å². The molecular weight excluding hydrogens is 272 g/mol. The van der Waals surface area contributed by atoms with Crippen LogP contribution in [-0.4, -0.2) is 49.6 Å². The van der Waals surface area contributed by atoms with Crippen LogP contribution >= 0.6 is 0 Å². The van der Waals surface area contributed by atoms with E-state index in [0.29, 0.717) is 18.9 Å². The minimum absolute atomic E-state index is 0.0253. The van der Waals surface area contributed by atoms with Crippen LogP contribution in [0.15, 0.2) is 36.9 Å². The first-order valence-corrected chi connectivity index (χ1v) is 6.60. The van der Waals surface area contributed by atoms with Gasteiger partial charge in [-0.25, -0.2) is 0 Å². The highest BCUT2D eigenvalue weighted by Gasteiger charge is 2.19. The van der Waals surface area contributed by atoms with E-state index in [0.717, 1.165) is 5.75 Å². The predicted octanol–water partition coefficient (Wildman–Crippen LogP) is 1.05. The van der Waals surface area contributed by atoms with Crippen LogP contribution in [0.4, 0.5) is 5.69 Å². The number of hydrogen-bond donors (Lipinski definition) is 1. The zero-order chi connectivity index (χ0) is 15.2. The molecule has 0 aromatic heterocycles. The van der Waals surface area contributed by atoms with E-state index in [1.54, 1.807) is 31.3 Å². The van der Waals surface area contributed by atoms with Crippen LogP contribution in [0.5, 0.6) is 5.75 Å². The van der Waals surface area contributed by atoms with Gasteiger partial charge in [0.2, 0.25) is 11.8 Å². The minimum Gasteiger partial charge on any atom is -0.486 e. The molecule has 6 heteroatoms. The number of likely N-dealkylation sites (N-methyl/N-ethyl adjacent to an activating group) is 1. The number of anilines is 1.